The van der Waals surface area contributed by atoms with Crippen LogP contribution in [0.25, 0.3) is 0 Å². The summed E-state index contributed by atoms with van der Waals surface area (Å²) in [5.74, 6) is 0.660. The van der Waals surface area contributed by atoms with E-state index in [9.17, 15) is 4.79 Å². The van der Waals surface area contributed by atoms with Gasteiger partial charge in [0.2, 0.25) is 5.95 Å². The third kappa shape index (κ3) is 5.13. The number of amides is 1. The van der Waals surface area contributed by atoms with Gasteiger partial charge in [0.05, 0.1) is 5.69 Å². The smallest absolute Gasteiger partial charge is 0.251 e. The summed E-state index contributed by atoms with van der Waals surface area (Å²) in [5.41, 5.74) is 3.50. The molecule has 0 bridgehead atoms. The van der Waals surface area contributed by atoms with E-state index in [0.29, 0.717) is 18.1 Å². The highest BCUT2D eigenvalue weighted by Crippen LogP contribution is 2.14. The Hall–Kier alpha value is -3.22. The van der Waals surface area contributed by atoms with E-state index in [-0.39, 0.29) is 11.8 Å². The Morgan fingerprint density at radius 1 is 1.15 bits per heavy atom. The lowest BCUT2D eigenvalue weighted by molar-refractivity contribution is 0.0946. The maximum absolute atomic E-state index is 12.5. The lowest BCUT2D eigenvalue weighted by atomic mass is 10.1. The zero-order valence-electron chi connectivity index (χ0n) is 15.8. The Morgan fingerprint density at radius 3 is 2.63 bits per heavy atom. The molecule has 0 fully saturated rings. The number of hydrogen-bond donors (Lipinski definition) is 2. The molecule has 2 N–H and O–H groups in total. The molecule has 0 radical (unpaired) electrons. The van der Waals surface area contributed by atoms with Gasteiger partial charge in [0.1, 0.15) is 0 Å². The first-order chi connectivity index (χ1) is 13.0. The van der Waals surface area contributed by atoms with Crippen LogP contribution >= 0.6 is 0 Å². The van der Waals surface area contributed by atoms with Gasteiger partial charge < -0.3 is 10.6 Å². The molecule has 3 aromatic rings. The Bertz CT molecular complexity index is 906. The van der Waals surface area contributed by atoms with E-state index in [0.717, 1.165) is 23.6 Å². The first-order valence-electron chi connectivity index (χ1n) is 8.94. The van der Waals surface area contributed by atoms with Crippen LogP contribution in [-0.2, 0) is 6.54 Å². The molecular formula is C20H24N6O. The molecule has 1 atom stereocenters. The average molecular weight is 364 g/mol. The fraction of sp³-hybridized carbons (Fsp3) is 0.300. The number of nitrogens with one attached hydrogen (secondary N) is 2. The monoisotopic (exact) mass is 364 g/mol. The van der Waals surface area contributed by atoms with E-state index in [2.05, 4.69) is 38.7 Å². The molecule has 0 aliphatic heterocycles. The molecule has 7 heteroatoms. The second-order valence-electron chi connectivity index (χ2n) is 6.70. The van der Waals surface area contributed by atoms with Crippen LogP contribution in [0.4, 0.5) is 11.6 Å². The number of rotatable bonds is 7. The van der Waals surface area contributed by atoms with Gasteiger partial charge in [-0.05, 0) is 50.1 Å². The molecule has 1 amide bonds. The number of benzene rings is 1. The van der Waals surface area contributed by atoms with Crippen LogP contribution in [0.5, 0.6) is 0 Å². The third-order valence-electron chi connectivity index (χ3n) is 4.15. The first-order valence-corrected chi connectivity index (χ1v) is 8.94. The molecule has 27 heavy (non-hydrogen) atoms. The molecule has 140 valence electrons. The SMILES string of the molecule is Cc1cc(C)n(C[C@H](C)CNC(=O)c2cccc(Nc3ncccn3)c2)n1. The lowest BCUT2D eigenvalue weighted by Crippen LogP contribution is -2.30. The van der Waals surface area contributed by atoms with Crippen LogP contribution in [0.1, 0.15) is 28.7 Å². The molecule has 3 rings (SSSR count). The van der Waals surface area contributed by atoms with Crippen molar-refractivity contribution in [3.63, 3.8) is 0 Å². The van der Waals surface area contributed by atoms with Gasteiger partial charge in [0.25, 0.3) is 5.91 Å². The van der Waals surface area contributed by atoms with E-state index in [1.807, 2.05) is 30.7 Å². The van der Waals surface area contributed by atoms with E-state index >= 15 is 0 Å². The molecule has 2 heterocycles. The van der Waals surface area contributed by atoms with Crippen LogP contribution in [0.15, 0.2) is 48.8 Å². The van der Waals surface area contributed by atoms with Crippen molar-refractivity contribution in [1.82, 2.24) is 25.1 Å². The number of aromatic nitrogens is 4. The minimum Gasteiger partial charge on any atom is -0.352 e. The van der Waals surface area contributed by atoms with E-state index < -0.39 is 0 Å². The largest absolute Gasteiger partial charge is 0.352 e. The van der Waals surface area contributed by atoms with Gasteiger partial charge in [0, 0.05) is 42.4 Å². The zero-order chi connectivity index (χ0) is 19.2. The predicted molar refractivity (Wildman–Crippen MR) is 105 cm³/mol. The van der Waals surface area contributed by atoms with Crippen LogP contribution in [0.3, 0.4) is 0 Å². The number of anilines is 2. The number of aryl methyl sites for hydroxylation is 2. The van der Waals surface area contributed by atoms with Crippen LogP contribution in [0, 0.1) is 19.8 Å². The molecule has 0 saturated carbocycles. The van der Waals surface area contributed by atoms with Crippen LogP contribution in [0.2, 0.25) is 0 Å². The molecule has 0 spiro atoms. The molecule has 0 aliphatic rings. The normalized spacial score (nSPS) is 11.8. The lowest BCUT2D eigenvalue weighted by Gasteiger charge is -2.14. The Morgan fingerprint density at radius 2 is 1.93 bits per heavy atom. The zero-order valence-corrected chi connectivity index (χ0v) is 15.8. The number of carbonyl (C=O) groups is 1. The molecule has 2 aromatic heterocycles. The van der Waals surface area contributed by atoms with E-state index in [1.54, 1.807) is 30.6 Å². The summed E-state index contributed by atoms with van der Waals surface area (Å²) in [6, 6.07) is 11.1. The Kier molecular flexibility index (Phi) is 5.80. The summed E-state index contributed by atoms with van der Waals surface area (Å²) < 4.78 is 1.98. The topological polar surface area (TPSA) is 84.7 Å². The van der Waals surface area contributed by atoms with Gasteiger partial charge in [-0.3, -0.25) is 9.48 Å². The minimum absolute atomic E-state index is 0.104. The molecule has 1 aromatic carbocycles. The molecule has 0 saturated heterocycles. The fourth-order valence-corrected chi connectivity index (χ4v) is 2.82. The van der Waals surface area contributed by atoms with E-state index in [1.165, 1.54) is 0 Å². The van der Waals surface area contributed by atoms with Crippen molar-refractivity contribution in [2.24, 2.45) is 5.92 Å². The van der Waals surface area contributed by atoms with Gasteiger partial charge in [-0.2, -0.15) is 5.10 Å². The van der Waals surface area contributed by atoms with Crippen molar-refractivity contribution in [1.29, 1.82) is 0 Å². The standard InChI is InChI=1S/C20H24N6O/c1-14(13-26-16(3)10-15(2)25-26)12-23-19(27)17-6-4-7-18(11-17)24-20-21-8-5-9-22-20/h4-11,14H,12-13H2,1-3H3,(H,23,27)(H,21,22,24)/t14-/m1/s1. The predicted octanol–water partition coefficient (Wildman–Crippen LogP) is 3.10. The van der Waals surface area contributed by atoms with Crippen molar-refractivity contribution >= 4 is 17.5 Å². The van der Waals surface area contributed by atoms with Crippen molar-refractivity contribution in [2.75, 3.05) is 11.9 Å². The summed E-state index contributed by atoms with van der Waals surface area (Å²) in [6.07, 6.45) is 3.33. The molecule has 0 aliphatic carbocycles. The highest BCUT2D eigenvalue weighted by atomic mass is 16.1. The molecular weight excluding hydrogens is 340 g/mol. The number of carbonyl (C=O) groups excluding carboxylic acids is 1. The summed E-state index contributed by atoms with van der Waals surface area (Å²) in [4.78, 5) is 20.7. The summed E-state index contributed by atoms with van der Waals surface area (Å²) >= 11 is 0. The maximum atomic E-state index is 12.5. The van der Waals surface area contributed by atoms with Crippen molar-refractivity contribution in [3.8, 4) is 0 Å². The Labute approximate surface area is 158 Å². The van der Waals surface area contributed by atoms with Crippen LogP contribution in [-0.4, -0.2) is 32.2 Å². The second kappa shape index (κ2) is 8.44. The van der Waals surface area contributed by atoms with Gasteiger partial charge in [-0.1, -0.05) is 13.0 Å². The van der Waals surface area contributed by atoms with Crippen molar-refractivity contribution < 1.29 is 4.79 Å². The average Bonchev–Trinajstić information content (AvgIpc) is 2.97. The summed E-state index contributed by atoms with van der Waals surface area (Å²) in [6.45, 7) is 7.47. The summed E-state index contributed by atoms with van der Waals surface area (Å²) in [7, 11) is 0. The quantitative estimate of drug-likeness (QED) is 0.673. The maximum Gasteiger partial charge on any atom is 0.251 e. The minimum atomic E-state index is -0.104. The molecule has 0 unspecified atom stereocenters. The Balaban J connectivity index is 1.56. The van der Waals surface area contributed by atoms with Gasteiger partial charge in [-0.25, -0.2) is 9.97 Å². The van der Waals surface area contributed by atoms with Crippen LogP contribution < -0.4 is 10.6 Å². The fourth-order valence-electron chi connectivity index (χ4n) is 2.82. The van der Waals surface area contributed by atoms with Gasteiger partial charge >= 0.3 is 0 Å². The molecule has 7 nitrogen and oxygen atoms in total. The van der Waals surface area contributed by atoms with Gasteiger partial charge in [-0.15, -0.1) is 0 Å². The first kappa shape index (κ1) is 18.6. The highest BCUT2D eigenvalue weighted by molar-refractivity contribution is 5.95. The van der Waals surface area contributed by atoms with Crippen molar-refractivity contribution in [3.05, 3.63) is 65.7 Å². The highest BCUT2D eigenvalue weighted by Gasteiger charge is 2.11. The van der Waals surface area contributed by atoms with E-state index in [4.69, 9.17) is 0 Å². The number of nitrogens with zero attached hydrogens (tertiary/aromatic N) is 4. The third-order valence-corrected chi connectivity index (χ3v) is 4.15. The summed E-state index contributed by atoms with van der Waals surface area (Å²) in [5, 5.41) is 10.6. The number of hydrogen-bond acceptors (Lipinski definition) is 5. The van der Waals surface area contributed by atoms with Crippen molar-refractivity contribution in [2.45, 2.75) is 27.3 Å². The van der Waals surface area contributed by atoms with Gasteiger partial charge in [0.15, 0.2) is 0 Å². The second-order valence-corrected chi connectivity index (χ2v) is 6.70.